The average Bonchev–Trinajstić information content (AvgIpc) is 2.85. The molecule has 0 bridgehead atoms. The Hall–Kier alpha value is -1.26. The lowest BCUT2D eigenvalue weighted by atomic mass is 9.94. The van der Waals surface area contributed by atoms with Gasteiger partial charge in [0.1, 0.15) is 0 Å². The molecule has 2 amide bonds. The topological polar surface area (TPSA) is 44.4 Å². The third-order valence-corrected chi connectivity index (χ3v) is 4.23. The van der Waals surface area contributed by atoms with E-state index < -0.39 is 0 Å². The Kier molecular flexibility index (Phi) is 3.62. The third kappa shape index (κ3) is 2.85. The standard InChI is InChI=1S/C14H18ClN3O/c15-11-3-5-12(6-4-11)17-14(19)18-8-10-2-1-7-16-13(10)9-18/h3-6,10,13,16H,1-2,7-9H2,(H,17,19)/t10-,13+/m0/s1. The van der Waals surface area contributed by atoms with Gasteiger partial charge in [-0.15, -0.1) is 0 Å². The molecule has 19 heavy (non-hydrogen) atoms. The molecule has 0 aromatic heterocycles. The van der Waals surface area contributed by atoms with Crippen LogP contribution in [0, 0.1) is 5.92 Å². The number of carbonyl (C=O) groups is 1. The van der Waals surface area contributed by atoms with E-state index >= 15 is 0 Å². The number of hydrogen-bond donors (Lipinski definition) is 2. The molecule has 2 N–H and O–H groups in total. The van der Waals surface area contributed by atoms with Crippen molar-refractivity contribution < 1.29 is 4.79 Å². The molecule has 0 spiro atoms. The second kappa shape index (κ2) is 5.39. The predicted molar refractivity (Wildman–Crippen MR) is 76.6 cm³/mol. The van der Waals surface area contributed by atoms with Crippen LogP contribution in [0.1, 0.15) is 12.8 Å². The number of halogens is 1. The summed E-state index contributed by atoms with van der Waals surface area (Å²) in [6.45, 7) is 2.75. The first kappa shape index (κ1) is 12.8. The molecular weight excluding hydrogens is 262 g/mol. The lowest BCUT2D eigenvalue weighted by molar-refractivity contribution is 0.220. The van der Waals surface area contributed by atoms with Crippen LogP contribution in [0.3, 0.4) is 0 Å². The highest BCUT2D eigenvalue weighted by atomic mass is 35.5. The molecular formula is C14H18ClN3O. The summed E-state index contributed by atoms with van der Waals surface area (Å²) < 4.78 is 0. The summed E-state index contributed by atoms with van der Waals surface area (Å²) in [5.41, 5.74) is 0.789. The second-order valence-corrected chi connectivity index (χ2v) is 5.74. The van der Waals surface area contributed by atoms with Gasteiger partial charge in [0.25, 0.3) is 0 Å². The normalized spacial score (nSPS) is 26.1. The van der Waals surface area contributed by atoms with Crippen molar-refractivity contribution in [1.82, 2.24) is 10.2 Å². The number of nitrogens with zero attached hydrogens (tertiary/aromatic N) is 1. The van der Waals surface area contributed by atoms with Gasteiger partial charge in [-0.05, 0) is 49.6 Å². The Bertz CT molecular complexity index is 448. The zero-order chi connectivity index (χ0) is 13.2. The zero-order valence-electron chi connectivity index (χ0n) is 10.7. The van der Waals surface area contributed by atoms with E-state index in [2.05, 4.69) is 10.6 Å². The fourth-order valence-electron chi connectivity index (χ4n) is 2.95. The smallest absolute Gasteiger partial charge is 0.321 e. The number of likely N-dealkylation sites (tertiary alicyclic amines) is 1. The van der Waals surface area contributed by atoms with Gasteiger partial charge in [-0.1, -0.05) is 11.6 Å². The Balaban J connectivity index is 1.60. The number of rotatable bonds is 1. The van der Waals surface area contributed by atoms with Crippen LogP contribution >= 0.6 is 11.6 Å². The van der Waals surface area contributed by atoms with Gasteiger partial charge in [-0.3, -0.25) is 0 Å². The maximum absolute atomic E-state index is 12.2. The number of urea groups is 1. The largest absolute Gasteiger partial charge is 0.323 e. The van der Waals surface area contributed by atoms with Gasteiger partial charge in [0.15, 0.2) is 0 Å². The van der Waals surface area contributed by atoms with Crippen LogP contribution < -0.4 is 10.6 Å². The molecule has 2 aliphatic heterocycles. The van der Waals surface area contributed by atoms with E-state index in [0.717, 1.165) is 25.3 Å². The lowest BCUT2D eigenvalue weighted by Gasteiger charge is -2.24. The van der Waals surface area contributed by atoms with Crippen molar-refractivity contribution in [2.45, 2.75) is 18.9 Å². The Labute approximate surface area is 118 Å². The monoisotopic (exact) mass is 279 g/mol. The molecule has 1 aromatic rings. The molecule has 2 atom stereocenters. The number of anilines is 1. The van der Waals surface area contributed by atoms with E-state index in [1.54, 1.807) is 12.1 Å². The zero-order valence-corrected chi connectivity index (χ0v) is 11.5. The molecule has 0 saturated carbocycles. The van der Waals surface area contributed by atoms with Crippen molar-refractivity contribution in [1.29, 1.82) is 0 Å². The Morgan fingerprint density at radius 3 is 2.84 bits per heavy atom. The minimum absolute atomic E-state index is 0.0153. The highest BCUT2D eigenvalue weighted by Crippen LogP contribution is 2.25. The van der Waals surface area contributed by atoms with Crippen LogP contribution in [0.2, 0.25) is 5.02 Å². The van der Waals surface area contributed by atoms with E-state index in [1.165, 1.54) is 12.8 Å². The summed E-state index contributed by atoms with van der Waals surface area (Å²) in [5.74, 6) is 0.615. The predicted octanol–water partition coefficient (Wildman–Crippen LogP) is 2.56. The molecule has 1 aromatic carbocycles. The van der Waals surface area contributed by atoms with Crippen LogP contribution in [0.25, 0.3) is 0 Å². The van der Waals surface area contributed by atoms with Crippen molar-refractivity contribution in [3.05, 3.63) is 29.3 Å². The SMILES string of the molecule is O=C(Nc1ccc(Cl)cc1)N1C[C@@H]2CCCN[C@@H]2C1. The van der Waals surface area contributed by atoms with E-state index in [4.69, 9.17) is 11.6 Å². The summed E-state index contributed by atoms with van der Waals surface area (Å²) in [5, 5.41) is 7.09. The molecule has 2 heterocycles. The van der Waals surface area contributed by atoms with Gasteiger partial charge in [-0.2, -0.15) is 0 Å². The Morgan fingerprint density at radius 2 is 2.11 bits per heavy atom. The fraction of sp³-hybridized carbons (Fsp3) is 0.500. The van der Waals surface area contributed by atoms with E-state index in [1.807, 2.05) is 17.0 Å². The van der Waals surface area contributed by atoms with Crippen molar-refractivity contribution in [2.75, 3.05) is 25.0 Å². The fourth-order valence-corrected chi connectivity index (χ4v) is 3.07. The second-order valence-electron chi connectivity index (χ2n) is 5.30. The molecule has 0 unspecified atom stereocenters. The van der Waals surface area contributed by atoms with E-state index in [9.17, 15) is 4.79 Å². The van der Waals surface area contributed by atoms with E-state index in [-0.39, 0.29) is 6.03 Å². The van der Waals surface area contributed by atoms with Crippen molar-refractivity contribution >= 4 is 23.3 Å². The molecule has 3 rings (SSSR count). The van der Waals surface area contributed by atoms with Crippen LogP contribution in [0.4, 0.5) is 10.5 Å². The first-order valence-corrected chi connectivity index (χ1v) is 7.15. The average molecular weight is 280 g/mol. The first-order valence-electron chi connectivity index (χ1n) is 6.77. The molecule has 2 aliphatic rings. The number of benzene rings is 1. The van der Waals surface area contributed by atoms with Gasteiger partial charge in [0.2, 0.25) is 0 Å². The minimum atomic E-state index is -0.0153. The van der Waals surface area contributed by atoms with Gasteiger partial charge in [0, 0.05) is 29.8 Å². The lowest BCUT2D eigenvalue weighted by Crippen LogP contribution is -2.41. The van der Waals surface area contributed by atoms with E-state index in [0.29, 0.717) is 17.0 Å². The van der Waals surface area contributed by atoms with Crippen molar-refractivity contribution in [2.24, 2.45) is 5.92 Å². The van der Waals surface area contributed by atoms with Gasteiger partial charge < -0.3 is 15.5 Å². The van der Waals surface area contributed by atoms with Crippen LogP contribution in [-0.2, 0) is 0 Å². The number of hydrogen-bond acceptors (Lipinski definition) is 2. The molecule has 102 valence electrons. The maximum atomic E-state index is 12.2. The van der Waals surface area contributed by atoms with Crippen LogP contribution in [0.5, 0.6) is 0 Å². The molecule has 0 radical (unpaired) electrons. The Morgan fingerprint density at radius 1 is 1.32 bits per heavy atom. The highest BCUT2D eigenvalue weighted by molar-refractivity contribution is 6.30. The van der Waals surface area contributed by atoms with Gasteiger partial charge in [0.05, 0.1) is 0 Å². The number of carbonyl (C=O) groups excluding carboxylic acids is 1. The van der Waals surface area contributed by atoms with Crippen LogP contribution in [0.15, 0.2) is 24.3 Å². The maximum Gasteiger partial charge on any atom is 0.321 e. The number of nitrogens with one attached hydrogen (secondary N) is 2. The number of piperidine rings is 1. The summed E-state index contributed by atoms with van der Waals surface area (Å²) >= 11 is 5.83. The first-order chi connectivity index (χ1) is 9.22. The van der Waals surface area contributed by atoms with Crippen molar-refractivity contribution in [3.63, 3.8) is 0 Å². The van der Waals surface area contributed by atoms with Crippen molar-refractivity contribution in [3.8, 4) is 0 Å². The molecule has 4 nitrogen and oxygen atoms in total. The summed E-state index contributed by atoms with van der Waals surface area (Å²) in [6.07, 6.45) is 2.44. The highest BCUT2D eigenvalue weighted by Gasteiger charge is 2.36. The summed E-state index contributed by atoms with van der Waals surface area (Å²) in [4.78, 5) is 14.1. The summed E-state index contributed by atoms with van der Waals surface area (Å²) in [7, 11) is 0. The summed E-state index contributed by atoms with van der Waals surface area (Å²) in [6, 6.07) is 7.66. The molecule has 5 heteroatoms. The minimum Gasteiger partial charge on any atom is -0.323 e. The quantitative estimate of drug-likeness (QED) is 0.830. The molecule has 0 aliphatic carbocycles. The van der Waals surface area contributed by atoms with Gasteiger partial charge in [-0.25, -0.2) is 4.79 Å². The van der Waals surface area contributed by atoms with Crippen LogP contribution in [-0.4, -0.2) is 36.6 Å². The molecule has 2 fully saturated rings. The third-order valence-electron chi connectivity index (χ3n) is 3.98. The molecule has 2 saturated heterocycles. The number of amides is 2. The van der Waals surface area contributed by atoms with Gasteiger partial charge >= 0.3 is 6.03 Å². The number of fused-ring (bicyclic) bond motifs is 1.